The summed E-state index contributed by atoms with van der Waals surface area (Å²) in [5, 5.41) is 9.63. The molecule has 0 radical (unpaired) electrons. The standard InChI is InChI=1S/C16H22O5/c1-16(2,3)21-15(19)13(17)9-10-14(18)20-11-12-7-5-4-6-8-12/h4-8,13,17H,9-11H2,1-3H3. The first kappa shape index (κ1) is 17.2. The van der Waals surface area contributed by atoms with Gasteiger partial charge in [-0.1, -0.05) is 30.3 Å². The van der Waals surface area contributed by atoms with Crippen LogP contribution in [0, 0.1) is 0 Å². The maximum absolute atomic E-state index is 11.5. The van der Waals surface area contributed by atoms with Crippen molar-refractivity contribution in [3.63, 3.8) is 0 Å². The molecule has 0 aliphatic carbocycles. The van der Waals surface area contributed by atoms with Crippen LogP contribution >= 0.6 is 0 Å². The number of ether oxygens (including phenoxy) is 2. The summed E-state index contributed by atoms with van der Waals surface area (Å²) in [7, 11) is 0. The molecule has 1 unspecified atom stereocenters. The molecule has 21 heavy (non-hydrogen) atoms. The van der Waals surface area contributed by atoms with E-state index in [9.17, 15) is 14.7 Å². The Morgan fingerprint density at radius 2 is 1.81 bits per heavy atom. The van der Waals surface area contributed by atoms with Gasteiger partial charge in [0.25, 0.3) is 0 Å². The summed E-state index contributed by atoms with van der Waals surface area (Å²) in [6.07, 6.45) is -1.36. The Hall–Kier alpha value is -1.88. The quantitative estimate of drug-likeness (QED) is 0.814. The van der Waals surface area contributed by atoms with Gasteiger partial charge in [-0.05, 0) is 32.8 Å². The third kappa shape index (κ3) is 7.46. The van der Waals surface area contributed by atoms with Gasteiger partial charge in [-0.25, -0.2) is 4.79 Å². The second-order valence-corrected chi connectivity index (χ2v) is 5.73. The number of esters is 2. The van der Waals surface area contributed by atoms with Crippen LogP contribution in [0.15, 0.2) is 30.3 Å². The van der Waals surface area contributed by atoms with Crippen molar-refractivity contribution in [2.45, 2.75) is 51.9 Å². The number of aliphatic hydroxyl groups excluding tert-OH is 1. The van der Waals surface area contributed by atoms with Gasteiger partial charge in [0.15, 0.2) is 6.10 Å². The van der Waals surface area contributed by atoms with Crippen LogP contribution in [0.4, 0.5) is 0 Å². The van der Waals surface area contributed by atoms with Crippen molar-refractivity contribution in [3.05, 3.63) is 35.9 Å². The second kappa shape index (κ2) is 7.78. The number of hydrogen-bond acceptors (Lipinski definition) is 5. The molecule has 0 heterocycles. The van der Waals surface area contributed by atoms with Gasteiger partial charge in [-0.2, -0.15) is 0 Å². The van der Waals surface area contributed by atoms with E-state index in [4.69, 9.17) is 9.47 Å². The maximum Gasteiger partial charge on any atom is 0.335 e. The van der Waals surface area contributed by atoms with Gasteiger partial charge in [0.2, 0.25) is 0 Å². The Morgan fingerprint density at radius 1 is 1.19 bits per heavy atom. The molecule has 5 heteroatoms. The number of aliphatic hydroxyl groups is 1. The average molecular weight is 294 g/mol. The fraction of sp³-hybridized carbons (Fsp3) is 0.500. The summed E-state index contributed by atoms with van der Waals surface area (Å²) in [5.41, 5.74) is 0.227. The van der Waals surface area contributed by atoms with Crippen molar-refractivity contribution in [3.8, 4) is 0 Å². The molecule has 0 bridgehead atoms. The van der Waals surface area contributed by atoms with Crippen LogP contribution in [0.3, 0.4) is 0 Å². The molecule has 0 aromatic heterocycles. The largest absolute Gasteiger partial charge is 0.461 e. The number of carbonyl (C=O) groups is 2. The van der Waals surface area contributed by atoms with Crippen molar-refractivity contribution in [1.29, 1.82) is 0 Å². The van der Waals surface area contributed by atoms with Crippen molar-refractivity contribution in [2.24, 2.45) is 0 Å². The van der Waals surface area contributed by atoms with E-state index in [1.165, 1.54) is 0 Å². The molecule has 0 saturated heterocycles. The summed E-state index contributed by atoms with van der Waals surface area (Å²) in [6.45, 7) is 5.32. The molecule has 0 fully saturated rings. The molecule has 116 valence electrons. The molecule has 0 spiro atoms. The van der Waals surface area contributed by atoms with Crippen molar-refractivity contribution in [1.82, 2.24) is 0 Å². The van der Waals surface area contributed by atoms with E-state index in [1.54, 1.807) is 20.8 Å². The van der Waals surface area contributed by atoms with Gasteiger partial charge in [0.1, 0.15) is 12.2 Å². The van der Waals surface area contributed by atoms with Gasteiger partial charge in [-0.15, -0.1) is 0 Å². The van der Waals surface area contributed by atoms with E-state index in [1.807, 2.05) is 30.3 Å². The molecule has 1 aromatic carbocycles. The van der Waals surface area contributed by atoms with Crippen LogP contribution in [0.5, 0.6) is 0 Å². The SMILES string of the molecule is CC(C)(C)OC(=O)C(O)CCC(=O)OCc1ccccc1. The van der Waals surface area contributed by atoms with Gasteiger partial charge < -0.3 is 14.6 Å². The van der Waals surface area contributed by atoms with E-state index in [-0.39, 0.29) is 19.4 Å². The average Bonchev–Trinajstić information content (AvgIpc) is 2.41. The minimum Gasteiger partial charge on any atom is -0.461 e. The summed E-state index contributed by atoms with van der Waals surface area (Å²) in [5.74, 6) is -1.18. The second-order valence-electron chi connectivity index (χ2n) is 5.73. The predicted molar refractivity (Wildman–Crippen MR) is 77.3 cm³/mol. The fourth-order valence-electron chi connectivity index (χ4n) is 1.55. The predicted octanol–water partition coefficient (Wildman–Crippen LogP) is 2.21. The van der Waals surface area contributed by atoms with E-state index >= 15 is 0 Å². The van der Waals surface area contributed by atoms with E-state index < -0.39 is 23.6 Å². The van der Waals surface area contributed by atoms with Crippen molar-refractivity contribution >= 4 is 11.9 Å². The lowest BCUT2D eigenvalue weighted by atomic mass is 10.1. The highest BCUT2D eigenvalue weighted by atomic mass is 16.6. The lowest BCUT2D eigenvalue weighted by Gasteiger charge is -2.21. The third-order valence-electron chi connectivity index (χ3n) is 2.54. The molecular formula is C16H22O5. The summed E-state index contributed by atoms with van der Waals surface area (Å²) < 4.78 is 10.1. The molecular weight excluding hydrogens is 272 g/mol. The number of benzene rings is 1. The molecule has 1 N–H and O–H groups in total. The minimum absolute atomic E-state index is 0.0114. The molecule has 1 rings (SSSR count). The molecule has 0 saturated carbocycles. The lowest BCUT2D eigenvalue weighted by molar-refractivity contribution is -0.165. The van der Waals surface area contributed by atoms with Gasteiger partial charge >= 0.3 is 11.9 Å². The van der Waals surface area contributed by atoms with Gasteiger partial charge in [0.05, 0.1) is 0 Å². The summed E-state index contributed by atoms with van der Waals surface area (Å²) >= 11 is 0. The van der Waals surface area contributed by atoms with Crippen LogP contribution in [0.2, 0.25) is 0 Å². The molecule has 1 aromatic rings. The van der Waals surface area contributed by atoms with Crippen LogP contribution in [0.1, 0.15) is 39.2 Å². The number of carbonyl (C=O) groups excluding carboxylic acids is 2. The minimum atomic E-state index is -1.31. The molecule has 0 aliphatic heterocycles. The van der Waals surface area contributed by atoms with Crippen LogP contribution in [-0.2, 0) is 25.7 Å². The fourth-order valence-corrected chi connectivity index (χ4v) is 1.55. The first-order valence-electron chi connectivity index (χ1n) is 6.88. The zero-order chi connectivity index (χ0) is 15.9. The Balaban J connectivity index is 2.28. The van der Waals surface area contributed by atoms with E-state index in [0.29, 0.717) is 0 Å². The Bertz CT molecular complexity index is 461. The van der Waals surface area contributed by atoms with Crippen molar-refractivity contribution in [2.75, 3.05) is 0 Å². The van der Waals surface area contributed by atoms with Gasteiger partial charge in [0, 0.05) is 6.42 Å². The normalized spacial score (nSPS) is 12.6. The zero-order valence-corrected chi connectivity index (χ0v) is 12.7. The highest BCUT2D eigenvalue weighted by Crippen LogP contribution is 2.11. The number of hydrogen-bond donors (Lipinski definition) is 1. The molecule has 1 atom stereocenters. The Morgan fingerprint density at radius 3 is 2.38 bits per heavy atom. The van der Waals surface area contributed by atoms with Gasteiger partial charge in [-0.3, -0.25) is 4.79 Å². The van der Waals surface area contributed by atoms with E-state index in [0.717, 1.165) is 5.56 Å². The topological polar surface area (TPSA) is 72.8 Å². The molecule has 0 aliphatic rings. The summed E-state index contributed by atoms with van der Waals surface area (Å²) in [6, 6.07) is 9.29. The lowest BCUT2D eigenvalue weighted by Crippen LogP contribution is -2.32. The van der Waals surface area contributed by atoms with E-state index in [2.05, 4.69) is 0 Å². The summed E-state index contributed by atoms with van der Waals surface area (Å²) in [4.78, 5) is 23.1. The molecule has 5 nitrogen and oxygen atoms in total. The molecule has 0 amide bonds. The number of rotatable bonds is 6. The van der Waals surface area contributed by atoms with Crippen LogP contribution in [-0.4, -0.2) is 28.8 Å². The monoisotopic (exact) mass is 294 g/mol. The highest BCUT2D eigenvalue weighted by molar-refractivity contribution is 5.76. The highest BCUT2D eigenvalue weighted by Gasteiger charge is 2.23. The third-order valence-corrected chi connectivity index (χ3v) is 2.54. The van der Waals surface area contributed by atoms with Crippen LogP contribution in [0.25, 0.3) is 0 Å². The Kier molecular flexibility index (Phi) is 6.37. The zero-order valence-electron chi connectivity index (χ0n) is 12.7. The van der Waals surface area contributed by atoms with Crippen molar-refractivity contribution < 1.29 is 24.2 Å². The smallest absolute Gasteiger partial charge is 0.335 e. The first-order chi connectivity index (χ1) is 9.78. The Labute approximate surface area is 124 Å². The van der Waals surface area contributed by atoms with Crippen LogP contribution < -0.4 is 0 Å². The maximum atomic E-state index is 11.5. The first-order valence-corrected chi connectivity index (χ1v) is 6.88.